The van der Waals surface area contributed by atoms with E-state index in [-0.39, 0.29) is 0 Å². The maximum atomic E-state index is 5.72. The first-order valence-corrected chi connectivity index (χ1v) is 8.24. The molecule has 1 atom stereocenters. The van der Waals surface area contributed by atoms with Crippen LogP contribution in [0, 0.1) is 0 Å². The van der Waals surface area contributed by atoms with Crippen LogP contribution < -0.4 is 10.5 Å². The number of likely N-dealkylation sites (N-methyl/N-ethyl adjacent to an activating group) is 1. The molecule has 1 aromatic heterocycles. The fourth-order valence-corrected chi connectivity index (χ4v) is 2.99. The summed E-state index contributed by atoms with van der Waals surface area (Å²) in [5.41, 5.74) is 6.42. The van der Waals surface area contributed by atoms with Gasteiger partial charge in [0.1, 0.15) is 5.75 Å². The van der Waals surface area contributed by atoms with Crippen molar-refractivity contribution in [3.8, 4) is 5.75 Å². The summed E-state index contributed by atoms with van der Waals surface area (Å²) in [6, 6.07) is 12.4. The Bertz CT molecular complexity index is 510. The van der Waals surface area contributed by atoms with E-state index in [1.165, 1.54) is 4.88 Å². The molecule has 3 nitrogen and oxygen atoms in total. The second kappa shape index (κ2) is 8.05. The van der Waals surface area contributed by atoms with Crippen LogP contribution in [0.1, 0.15) is 18.2 Å². The van der Waals surface area contributed by atoms with E-state index in [0.29, 0.717) is 6.04 Å². The van der Waals surface area contributed by atoms with Crippen LogP contribution >= 0.6 is 11.3 Å². The van der Waals surface area contributed by atoms with Gasteiger partial charge in [0.15, 0.2) is 0 Å². The molecule has 21 heavy (non-hydrogen) atoms. The molecule has 0 aliphatic heterocycles. The van der Waals surface area contributed by atoms with Gasteiger partial charge in [0.05, 0.1) is 6.61 Å². The molecule has 0 spiro atoms. The van der Waals surface area contributed by atoms with Crippen LogP contribution in [0.2, 0.25) is 0 Å². The molecule has 0 amide bonds. The van der Waals surface area contributed by atoms with Crippen LogP contribution in [0.3, 0.4) is 0 Å². The largest absolute Gasteiger partial charge is 0.494 e. The van der Waals surface area contributed by atoms with E-state index in [9.17, 15) is 0 Å². The van der Waals surface area contributed by atoms with Gasteiger partial charge in [0.25, 0.3) is 0 Å². The number of hydrogen-bond acceptors (Lipinski definition) is 4. The predicted molar refractivity (Wildman–Crippen MR) is 91.1 cm³/mol. The maximum Gasteiger partial charge on any atom is 0.119 e. The zero-order chi connectivity index (χ0) is 15.1. The molecule has 0 aliphatic rings. The molecule has 0 saturated heterocycles. The van der Waals surface area contributed by atoms with Crippen molar-refractivity contribution in [2.45, 2.75) is 25.8 Å². The second-order valence-electron chi connectivity index (χ2n) is 5.38. The van der Waals surface area contributed by atoms with Gasteiger partial charge in [-0.2, -0.15) is 0 Å². The number of anilines is 1. The minimum atomic E-state index is 0.556. The Morgan fingerprint density at radius 2 is 2.00 bits per heavy atom. The number of nitrogens with two attached hydrogens (primary N) is 1. The third-order valence-electron chi connectivity index (χ3n) is 3.63. The third-order valence-corrected chi connectivity index (χ3v) is 4.53. The number of nitrogen functional groups attached to an aromatic ring is 1. The molecular weight excluding hydrogens is 280 g/mol. The number of thiophene rings is 1. The van der Waals surface area contributed by atoms with Crippen LogP contribution in [-0.2, 0) is 6.42 Å². The Kier molecular flexibility index (Phi) is 6.08. The van der Waals surface area contributed by atoms with Crippen LogP contribution in [0.25, 0.3) is 0 Å². The summed E-state index contributed by atoms with van der Waals surface area (Å²) < 4.78 is 5.72. The molecule has 0 bridgehead atoms. The second-order valence-corrected chi connectivity index (χ2v) is 6.42. The molecule has 0 saturated carbocycles. The maximum absolute atomic E-state index is 5.72. The Morgan fingerprint density at radius 3 is 2.67 bits per heavy atom. The Labute approximate surface area is 131 Å². The third kappa shape index (κ3) is 5.40. The van der Waals surface area contributed by atoms with E-state index in [1.54, 1.807) is 0 Å². The average molecular weight is 304 g/mol. The van der Waals surface area contributed by atoms with Crippen molar-refractivity contribution in [2.24, 2.45) is 0 Å². The van der Waals surface area contributed by atoms with Gasteiger partial charge in [-0.05, 0) is 62.5 Å². The molecule has 4 heteroatoms. The number of hydrogen-bond donors (Lipinski definition) is 1. The molecule has 1 unspecified atom stereocenters. The van der Waals surface area contributed by atoms with Crippen molar-refractivity contribution in [1.82, 2.24) is 4.90 Å². The smallest absolute Gasteiger partial charge is 0.119 e. The highest BCUT2D eigenvalue weighted by atomic mass is 32.1. The van der Waals surface area contributed by atoms with E-state index >= 15 is 0 Å². The molecule has 0 radical (unpaired) electrons. The molecular formula is C17H24N2OS. The SMILES string of the molecule is CC(Cc1cccs1)N(C)CCCOc1ccc(N)cc1. The Morgan fingerprint density at radius 1 is 1.24 bits per heavy atom. The van der Waals surface area contributed by atoms with Crippen LogP contribution in [0.5, 0.6) is 5.75 Å². The highest BCUT2D eigenvalue weighted by molar-refractivity contribution is 7.09. The molecule has 114 valence electrons. The van der Waals surface area contributed by atoms with Gasteiger partial charge in [-0.25, -0.2) is 0 Å². The van der Waals surface area contributed by atoms with Crippen molar-refractivity contribution < 1.29 is 4.74 Å². The fraction of sp³-hybridized carbons (Fsp3) is 0.412. The van der Waals surface area contributed by atoms with Gasteiger partial charge >= 0.3 is 0 Å². The minimum Gasteiger partial charge on any atom is -0.494 e. The van der Waals surface area contributed by atoms with E-state index < -0.39 is 0 Å². The topological polar surface area (TPSA) is 38.5 Å². The molecule has 1 heterocycles. The summed E-state index contributed by atoms with van der Waals surface area (Å²) in [5.74, 6) is 0.887. The van der Waals surface area contributed by atoms with E-state index in [4.69, 9.17) is 10.5 Å². The highest BCUT2D eigenvalue weighted by Crippen LogP contribution is 2.15. The Balaban J connectivity index is 1.64. The number of ether oxygens (including phenoxy) is 1. The fourth-order valence-electron chi connectivity index (χ4n) is 2.16. The average Bonchev–Trinajstić information content (AvgIpc) is 2.98. The summed E-state index contributed by atoms with van der Waals surface area (Å²) in [6.45, 7) is 4.06. The number of rotatable bonds is 8. The van der Waals surface area contributed by atoms with Gasteiger partial charge < -0.3 is 15.4 Å². The Hall–Kier alpha value is -1.52. The van der Waals surface area contributed by atoms with Crippen molar-refractivity contribution in [3.05, 3.63) is 46.7 Å². The lowest BCUT2D eigenvalue weighted by Crippen LogP contribution is -2.32. The monoisotopic (exact) mass is 304 g/mol. The lowest BCUT2D eigenvalue weighted by atomic mass is 10.2. The van der Waals surface area contributed by atoms with Crippen molar-refractivity contribution >= 4 is 17.0 Å². The quantitative estimate of drug-likeness (QED) is 0.597. The van der Waals surface area contributed by atoms with Gasteiger partial charge in [0, 0.05) is 23.2 Å². The van der Waals surface area contributed by atoms with E-state index in [0.717, 1.165) is 37.4 Å². The molecule has 2 rings (SSSR count). The molecule has 2 N–H and O–H groups in total. The minimum absolute atomic E-state index is 0.556. The van der Waals surface area contributed by atoms with Crippen molar-refractivity contribution in [2.75, 3.05) is 25.9 Å². The number of nitrogens with zero attached hydrogens (tertiary/aromatic N) is 1. The normalized spacial score (nSPS) is 12.5. The first-order valence-electron chi connectivity index (χ1n) is 7.36. The first kappa shape index (κ1) is 15.9. The zero-order valence-electron chi connectivity index (χ0n) is 12.8. The van der Waals surface area contributed by atoms with E-state index in [1.807, 2.05) is 35.6 Å². The summed E-state index contributed by atoms with van der Waals surface area (Å²) in [5, 5.41) is 2.14. The standard InChI is InChI=1S/C17H24N2OS/c1-14(13-17-5-3-12-21-17)19(2)10-4-11-20-16-8-6-15(18)7-9-16/h3,5-9,12,14H,4,10-11,13,18H2,1-2H3. The zero-order valence-corrected chi connectivity index (χ0v) is 13.6. The van der Waals surface area contributed by atoms with E-state index in [2.05, 4.69) is 36.4 Å². The molecule has 2 aromatic rings. The van der Waals surface area contributed by atoms with Crippen molar-refractivity contribution in [3.63, 3.8) is 0 Å². The summed E-state index contributed by atoms with van der Waals surface area (Å²) in [7, 11) is 2.18. The van der Waals surface area contributed by atoms with Gasteiger partial charge in [-0.1, -0.05) is 6.07 Å². The van der Waals surface area contributed by atoms with Gasteiger partial charge in [-0.3, -0.25) is 0 Å². The summed E-state index contributed by atoms with van der Waals surface area (Å²) >= 11 is 1.83. The van der Waals surface area contributed by atoms with Crippen LogP contribution in [0.4, 0.5) is 5.69 Å². The van der Waals surface area contributed by atoms with Crippen LogP contribution in [-0.4, -0.2) is 31.1 Å². The lowest BCUT2D eigenvalue weighted by molar-refractivity contribution is 0.224. The number of benzene rings is 1. The van der Waals surface area contributed by atoms with Gasteiger partial charge in [-0.15, -0.1) is 11.3 Å². The summed E-state index contributed by atoms with van der Waals surface area (Å²) in [4.78, 5) is 3.85. The highest BCUT2D eigenvalue weighted by Gasteiger charge is 2.10. The molecule has 1 aromatic carbocycles. The summed E-state index contributed by atoms with van der Waals surface area (Å²) in [6.07, 6.45) is 2.14. The molecule has 0 aliphatic carbocycles. The first-order chi connectivity index (χ1) is 10.1. The predicted octanol–water partition coefficient (Wildman–Crippen LogP) is 3.66. The van der Waals surface area contributed by atoms with Gasteiger partial charge in [0.2, 0.25) is 0 Å². The lowest BCUT2D eigenvalue weighted by Gasteiger charge is -2.24. The van der Waals surface area contributed by atoms with Crippen molar-refractivity contribution in [1.29, 1.82) is 0 Å². The van der Waals surface area contributed by atoms with Crippen LogP contribution in [0.15, 0.2) is 41.8 Å². The molecule has 0 fully saturated rings.